The Morgan fingerprint density at radius 3 is 2.50 bits per heavy atom. The van der Waals surface area contributed by atoms with Gasteiger partial charge in [0.1, 0.15) is 5.75 Å². The minimum atomic E-state index is -0.106. The van der Waals surface area contributed by atoms with E-state index in [9.17, 15) is 0 Å². The van der Waals surface area contributed by atoms with Crippen molar-refractivity contribution >= 4 is 23.4 Å². The molecule has 0 fully saturated rings. The molecule has 1 aromatic rings. The smallest absolute Gasteiger partial charge is 0.119 e. The second kappa shape index (κ2) is 6.38. The summed E-state index contributed by atoms with van der Waals surface area (Å²) in [6.07, 6.45) is 0. The largest absolute Gasteiger partial charge is 0.493 e. The van der Waals surface area contributed by atoms with Gasteiger partial charge in [0.2, 0.25) is 0 Å². The SMILES string of the molecule is CC(C)(N)CSCCOc1ccc(Cl)cc1. The minimum Gasteiger partial charge on any atom is -0.493 e. The van der Waals surface area contributed by atoms with Crippen LogP contribution < -0.4 is 10.5 Å². The highest BCUT2D eigenvalue weighted by atomic mass is 35.5. The first kappa shape index (κ1) is 13.7. The van der Waals surface area contributed by atoms with E-state index >= 15 is 0 Å². The number of hydrogen-bond acceptors (Lipinski definition) is 3. The minimum absolute atomic E-state index is 0.106. The molecule has 0 saturated heterocycles. The summed E-state index contributed by atoms with van der Waals surface area (Å²) in [5, 5.41) is 0.728. The summed E-state index contributed by atoms with van der Waals surface area (Å²) in [6, 6.07) is 7.40. The van der Waals surface area contributed by atoms with Gasteiger partial charge >= 0.3 is 0 Å². The van der Waals surface area contributed by atoms with Crippen molar-refractivity contribution < 1.29 is 4.74 Å². The molecule has 16 heavy (non-hydrogen) atoms. The van der Waals surface area contributed by atoms with Crippen LogP contribution in [0.15, 0.2) is 24.3 Å². The van der Waals surface area contributed by atoms with Crippen LogP contribution in [-0.2, 0) is 0 Å². The van der Waals surface area contributed by atoms with E-state index in [1.54, 1.807) is 11.8 Å². The van der Waals surface area contributed by atoms with E-state index in [1.165, 1.54) is 0 Å². The van der Waals surface area contributed by atoms with Crippen LogP contribution in [0.3, 0.4) is 0 Å². The fourth-order valence-electron chi connectivity index (χ4n) is 1.08. The van der Waals surface area contributed by atoms with Gasteiger partial charge in [0.25, 0.3) is 0 Å². The van der Waals surface area contributed by atoms with E-state index in [0.717, 1.165) is 22.3 Å². The molecule has 0 aliphatic rings. The molecule has 90 valence electrons. The summed E-state index contributed by atoms with van der Waals surface area (Å²) >= 11 is 7.58. The Morgan fingerprint density at radius 2 is 1.94 bits per heavy atom. The van der Waals surface area contributed by atoms with Gasteiger partial charge in [-0.1, -0.05) is 11.6 Å². The summed E-state index contributed by atoms with van der Waals surface area (Å²) in [6.45, 7) is 4.75. The van der Waals surface area contributed by atoms with Crippen LogP contribution in [0.25, 0.3) is 0 Å². The van der Waals surface area contributed by atoms with E-state index in [2.05, 4.69) is 0 Å². The zero-order chi connectivity index (χ0) is 12.0. The normalized spacial score (nSPS) is 11.5. The average molecular weight is 260 g/mol. The maximum absolute atomic E-state index is 5.87. The van der Waals surface area contributed by atoms with Crippen LogP contribution in [0.1, 0.15) is 13.8 Å². The van der Waals surface area contributed by atoms with Crippen LogP contribution >= 0.6 is 23.4 Å². The molecular formula is C12H18ClNOS. The van der Waals surface area contributed by atoms with Gasteiger partial charge in [0, 0.05) is 22.1 Å². The number of benzene rings is 1. The highest BCUT2D eigenvalue weighted by Gasteiger charge is 2.09. The Balaban J connectivity index is 2.14. The van der Waals surface area contributed by atoms with Gasteiger partial charge in [0.15, 0.2) is 0 Å². The fraction of sp³-hybridized carbons (Fsp3) is 0.500. The van der Waals surface area contributed by atoms with Crippen molar-refractivity contribution in [2.45, 2.75) is 19.4 Å². The first-order valence-electron chi connectivity index (χ1n) is 5.22. The Bertz CT molecular complexity index is 308. The third kappa shape index (κ3) is 6.26. The lowest BCUT2D eigenvalue weighted by Gasteiger charge is -2.17. The highest BCUT2D eigenvalue weighted by molar-refractivity contribution is 7.99. The quantitative estimate of drug-likeness (QED) is 0.797. The highest BCUT2D eigenvalue weighted by Crippen LogP contribution is 2.16. The number of rotatable bonds is 6. The molecule has 0 saturated carbocycles. The first-order valence-corrected chi connectivity index (χ1v) is 6.76. The predicted molar refractivity (Wildman–Crippen MR) is 72.5 cm³/mol. The van der Waals surface area contributed by atoms with Crippen molar-refractivity contribution in [1.29, 1.82) is 0 Å². The molecular weight excluding hydrogens is 242 g/mol. The van der Waals surface area contributed by atoms with E-state index in [4.69, 9.17) is 22.1 Å². The maximum Gasteiger partial charge on any atom is 0.119 e. The van der Waals surface area contributed by atoms with Crippen LogP contribution in [0.4, 0.5) is 0 Å². The maximum atomic E-state index is 5.87. The summed E-state index contributed by atoms with van der Waals surface area (Å²) in [4.78, 5) is 0. The number of hydrogen-bond donors (Lipinski definition) is 1. The van der Waals surface area contributed by atoms with Crippen molar-refractivity contribution in [1.82, 2.24) is 0 Å². The van der Waals surface area contributed by atoms with Crippen molar-refractivity contribution in [3.8, 4) is 5.75 Å². The number of ether oxygens (including phenoxy) is 1. The lowest BCUT2D eigenvalue weighted by Crippen LogP contribution is -2.34. The van der Waals surface area contributed by atoms with Crippen LogP contribution in [0.5, 0.6) is 5.75 Å². The van der Waals surface area contributed by atoms with E-state index in [0.29, 0.717) is 6.61 Å². The number of thioether (sulfide) groups is 1. The molecule has 0 unspecified atom stereocenters. The monoisotopic (exact) mass is 259 g/mol. The van der Waals surface area contributed by atoms with Crippen molar-refractivity contribution in [2.24, 2.45) is 5.73 Å². The molecule has 2 nitrogen and oxygen atoms in total. The molecule has 0 amide bonds. The predicted octanol–water partition coefficient (Wildman–Crippen LogP) is 3.19. The van der Waals surface area contributed by atoms with E-state index in [-0.39, 0.29) is 5.54 Å². The zero-order valence-electron chi connectivity index (χ0n) is 9.70. The Morgan fingerprint density at radius 1 is 1.31 bits per heavy atom. The average Bonchev–Trinajstić information content (AvgIpc) is 2.19. The van der Waals surface area contributed by atoms with Gasteiger partial charge in [-0.15, -0.1) is 0 Å². The molecule has 1 aromatic carbocycles. The molecule has 0 radical (unpaired) electrons. The molecule has 0 heterocycles. The summed E-state index contributed by atoms with van der Waals surface area (Å²) in [5.74, 6) is 2.75. The van der Waals surface area contributed by atoms with Gasteiger partial charge in [-0.05, 0) is 38.1 Å². The third-order valence-electron chi connectivity index (χ3n) is 1.78. The molecule has 0 aliphatic carbocycles. The Labute approximate surface area is 107 Å². The molecule has 0 aliphatic heterocycles. The van der Waals surface area contributed by atoms with Gasteiger partial charge in [-0.2, -0.15) is 11.8 Å². The third-order valence-corrected chi connectivity index (χ3v) is 3.44. The fourth-order valence-corrected chi connectivity index (χ4v) is 2.08. The summed E-state index contributed by atoms with van der Waals surface area (Å²) < 4.78 is 5.56. The van der Waals surface area contributed by atoms with Crippen molar-refractivity contribution in [2.75, 3.05) is 18.1 Å². The second-order valence-corrected chi connectivity index (χ2v) is 5.89. The van der Waals surface area contributed by atoms with Gasteiger partial charge in [0.05, 0.1) is 6.61 Å². The van der Waals surface area contributed by atoms with Gasteiger partial charge < -0.3 is 10.5 Å². The zero-order valence-corrected chi connectivity index (χ0v) is 11.3. The van der Waals surface area contributed by atoms with E-state index in [1.807, 2.05) is 38.1 Å². The lowest BCUT2D eigenvalue weighted by molar-refractivity contribution is 0.344. The van der Waals surface area contributed by atoms with Crippen LogP contribution in [0.2, 0.25) is 5.02 Å². The Kier molecular flexibility index (Phi) is 5.46. The van der Waals surface area contributed by atoms with Crippen LogP contribution in [-0.4, -0.2) is 23.7 Å². The van der Waals surface area contributed by atoms with Gasteiger partial charge in [-0.25, -0.2) is 0 Å². The first-order chi connectivity index (χ1) is 7.47. The standard InChI is InChI=1S/C12H18ClNOS/c1-12(2,14)9-16-8-7-15-11-5-3-10(13)4-6-11/h3-6H,7-9,14H2,1-2H3. The molecule has 2 N–H and O–H groups in total. The number of halogens is 1. The summed E-state index contributed by atoms with van der Waals surface area (Å²) in [5.41, 5.74) is 5.76. The van der Waals surface area contributed by atoms with E-state index < -0.39 is 0 Å². The molecule has 0 aromatic heterocycles. The van der Waals surface area contributed by atoms with Crippen molar-refractivity contribution in [3.05, 3.63) is 29.3 Å². The Hall–Kier alpha value is -0.380. The molecule has 0 spiro atoms. The lowest BCUT2D eigenvalue weighted by atomic mass is 10.1. The molecule has 4 heteroatoms. The number of nitrogens with two attached hydrogens (primary N) is 1. The topological polar surface area (TPSA) is 35.2 Å². The molecule has 1 rings (SSSR count). The van der Waals surface area contributed by atoms with Crippen LogP contribution in [0, 0.1) is 0 Å². The molecule has 0 bridgehead atoms. The van der Waals surface area contributed by atoms with Crippen molar-refractivity contribution in [3.63, 3.8) is 0 Å². The second-order valence-electron chi connectivity index (χ2n) is 4.34. The molecule has 0 atom stereocenters. The van der Waals surface area contributed by atoms with Gasteiger partial charge in [-0.3, -0.25) is 0 Å². The summed E-state index contributed by atoms with van der Waals surface area (Å²) in [7, 11) is 0.